The number of aliphatic hydroxyl groups is 1. The van der Waals surface area contributed by atoms with Crippen LogP contribution in [0.25, 0.3) is 0 Å². The summed E-state index contributed by atoms with van der Waals surface area (Å²) in [6.45, 7) is 12.4. The number of alkyl halides is 3. The largest absolute Gasteiger partial charge is 0.456 e. The summed E-state index contributed by atoms with van der Waals surface area (Å²) in [5.74, 6) is -4.48. The summed E-state index contributed by atoms with van der Waals surface area (Å²) in [6, 6.07) is 0. The molecule has 3 rings (SSSR count). The molecule has 12 heteroatoms. The Morgan fingerprint density at radius 1 is 1.10 bits per heavy atom. The normalized spacial score (nSPS) is 33.7. The van der Waals surface area contributed by atoms with Crippen LogP contribution in [0.4, 0.5) is 13.2 Å². The summed E-state index contributed by atoms with van der Waals surface area (Å²) in [4.78, 5) is 38.0. The summed E-state index contributed by atoms with van der Waals surface area (Å²) < 4.78 is 65.3. The molecule has 3 aliphatic rings. The lowest BCUT2D eigenvalue weighted by Crippen LogP contribution is -2.47. The van der Waals surface area contributed by atoms with Gasteiger partial charge in [0.1, 0.15) is 12.2 Å². The van der Waals surface area contributed by atoms with E-state index in [1.54, 1.807) is 0 Å². The number of carbonyl (C=O) groups excluding carboxylic acids is 3. The van der Waals surface area contributed by atoms with Crippen LogP contribution in [0.5, 0.6) is 0 Å². The highest BCUT2D eigenvalue weighted by molar-refractivity contribution is 5.84. The van der Waals surface area contributed by atoms with Gasteiger partial charge in [-0.05, 0) is 44.4 Å². The van der Waals surface area contributed by atoms with Crippen LogP contribution in [0.3, 0.4) is 0 Å². The summed E-state index contributed by atoms with van der Waals surface area (Å²) in [5, 5.41) is 10.9. The van der Waals surface area contributed by atoms with Crippen molar-refractivity contribution in [3.05, 3.63) is 0 Å². The quantitative estimate of drug-likeness (QED) is 0.259. The molecule has 0 amide bonds. The van der Waals surface area contributed by atoms with E-state index in [2.05, 4.69) is 4.74 Å². The van der Waals surface area contributed by atoms with E-state index in [1.807, 2.05) is 41.5 Å². The van der Waals surface area contributed by atoms with E-state index in [1.165, 1.54) is 0 Å². The average Bonchev–Trinajstić information content (AvgIpc) is 3.28. The van der Waals surface area contributed by atoms with Crippen molar-refractivity contribution >= 4 is 17.9 Å². The first-order valence-corrected chi connectivity index (χ1v) is 13.5. The van der Waals surface area contributed by atoms with Crippen molar-refractivity contribution in [2.24, 2.45) is 22.7 Å². The highest BCUT2D eigenvalue weighted by Crippen LogP contribution is 2.46. The summed E-state index contributed by atoms with van der Waals surface area (Å²) in [7, 11) is 0. The Morgan fingerprint density at radius 2 is 1.69 bits per heavy atom. The van der Waals surface area contributed by atoms with Crippen LogP contribution in [0, 0.1) is 22.7 Å². The molecule has 2 aliphatic heterocycles. The number of carbonyl (C=O) groups is 3. The van der Waals surface area contributed by atoms with Gasteiger partial charge in [0.15, 0.2) is 18.2 Å². The van der Waals surface area contributed by atoms with Crippen molar-refractivity contribution < 1.29 is 56.3 Å². The Balaban J connectivity index is 1.57. The molecule has 39 heavy (non-hydrogen) atoms. The zero-order valence-electron chi connectivity index (χ0n) is 23.6. The average molecular weight is 567 g/mol. The molecule has 0 spiro atoms. The Labute approximate surface area is 227 Å². The Bertz CT molecular complexity index is 920. The first kappa shape index (κ1) is 31.6. The highest BCUT2D eigenvalue weighted by Gasteiger charge is 2.57. The van der Waals surface area contributed by atoms with Crippen molar-refractivity contribution in [2.75, 3.05) is 0 Å². The van der Waals surface area contributed by atoms with Crippen LogP contribution in [0.1, 0.15) is 87.0 Å². The minimum absolute atomic E-state index is 0.0281. The molecule has 6 atom stereocenters. The lowest BCUT2D eigenvalue weighted by molar-refractivity contribution is -0.301. The zero-order chi connectivity index (χ0) is 29.6. The van der Waals surface area contributed by atoms with E-state index in [0.717, 1.165) is 6.92 Å². The van der Waals surface area contributed by atoms with Gasteiger partial charge in [-0.1, -0.05) is 34.6 Å². The molecular formula is C27H41F3O9. The molecule has 0 aromatic heterocycles. The van der Waals surface area contributed by atoms with E-state index >= 15 is 0 Å². The number of esters is 3. The molecule has 9 nitrogen and oxygen atoms in total. The zero-order valence-corrected chi connectivity index (χ0v) is 23.6. The molecule has 2 saturated heterocycles. The van der Waals surface area contributed by atoms with Gasteiger partial charge in [-0.3, -0.25) is 9.59 Å². The highest BCUT2D eigenvalue weighted by atomic mass is 19.4. The molecule has 1 saturated carbocycles. The molecule has 0 aromatic rings. The predicted octanol–water partition coefficient (Wildman–Crippen LogP) is 4.43. The minimum atomic E-state index is -4.65. The number of hydrogen-bond acceptors (Lipinski definition) is 9. The first-order valence-electron chi connectivity index (χ1n) is 13.5. The van der Waals surface area contributed by atoms with E-state index < -0.39 is 77.3 Å². The fourth-order valence-corrected chi connectivity index (χ4v) is 5.33. The topological polar surface area (TPSA) is 118 Å². The smallest absolute Gasteiger partial charge is 0.425 e. The molecule has 2 heterocycles. The molecule has 224 valence electrons. The van der Waals surface area contributed by atoms with Gasteiger partial charge < -0.3 is 28.8 Å². The van der Waals surface area contributed by atoms with Gasteiger partial charge in [0, 0.05) is 19.3 Å². The number of rotatable bonds is 8. The maximum atomic E-state index is 13.3. The van der Waals surface area contributed by atoms with Crippen LogP contribution in [0.2, 0.25) is 0 Å². The van der Waals surface area contributed by atoms with Gasteiger partial charge >= 0.3 is 24.1 Å². The minimum Gasteiger partial charge on any atom is -0.456 e. The van der Waals surface area contributed by atoms with Gasteiger partial charge in [-0.25, -0.2) is 4.79 Å². The van der Waals surface area contributed by atoms with Gasteiger partial charge in [0.2, 0.25) is 6.10 Å². The second-order valence-electron chi connectivity index (χ2n) is 12.7. The molecule has 0 bridgehead atoms. The van der Waals surface area contributed by atoms with Gasteiger partial charge in [0.05, 0.1) is 11.3 Å². The fraction of sp³-hybridized carbons (Fsp3) is 0.889. The van der Waals surface area contributed by atoms with E-state index in [-0.39, 0.29) is 38.0 Å². The third-order valence-electron chi connectivity index (χ3n) is 8.26. The Morgan fingerprint density at radius 3 is 2.21 bits per heavy atom. The monoisotopic (exact) mass is 566 g/mol. The standard InChI is InChI=1S/C27H41F3O9/c1-14(2)13-25(7,24(4,5)6)23(33)38-20-19-17(36-22(20)32)12-18(37-19)39-26(34)10-8-16(9-11-26)21(31)35-15(3)27(28,29)30/h14-20,34H,8-13H2,1-7H3. The van der Waals surface area contributed by atoms with Gasteiger partial charge in [0.25, 0.3) is 0 Å². The molecule has 0 aromatic carbocycles. The lowest BCUT2D eigenvalue weighted by Gasteiger charge is -2.41. The number of ether oxygens (including phenoxy) is 5. The van der Waals surface area contributed by atoms with Crippen molar-refractivity contribution in [1.29, 1.82) is 0 Å². The molecule has 3 fully saturated rings. The maximum Gasteiger partial charge on any atom is 0.425 e. The molecule has 1 N–H and O–H groups in total. The summed E-state index contributed by atoms with van der Waals surface area (Å²) in [6.07, 6.45) is -10.0. The molecule has 1 aliphatic carbocycles. The van der Waals surface area contributed by atoms with Crippen LogP contribution in [-0.4, -0.2) is 65.7 Å². The van der Waals surface area contributed by atoms with Crippen molar-refractivity contribution in [3.63, 3.8) is 0 Å². The maximum absolute atomic E-state index is 13.3. The Kier molecular flexibility index (Phi) is 9.04. The van der Waals surface area contributed by atoms with E-state index in [4.69, 9.17) is 18.9 Å². The van der Waals surface area contributed by atoms with Crippen LogP contribution >= 0.6 is 0 Å². The number of hydrogen-bond donors (Lipinski definition) is 1. The molecular weight excluding hydrogens is 525 g/mol. The summed E-state index contributed by atoms with van der Waals surface area (Å²) in [5.41, 5.74) is -1.32. The molecule has 6 unspecified atom stereocenters. The molecule has 0 radical (unpaired) electrons. The van der Waals surface area contributed by atoms with Crippen molar-refractivity contribution in [2.45, 2.75) is 130 Å². The second-order valence-corrected chi connectivity index (χ2v) is 12.7. The van der Waals surface area contributed by atoms with Crippen LogP contribution < -0.4 is 0 Å². The fourth-order valence-electron chi connectivity index (χ4n) is 5.33. The third-order valence-corrected chi connectivity index (χ3v) is 8.26. The van der Waals surface area contributed by atoms with Gasteiger partial charge in [-0.15, -0.1) is 0 Å². The number of halogens is 3. The third kappa shape index (κ3) is 7.05. The van der Waals surface area contributed by atoms with Gasteiger partial charge in [-0.2, -0.15) is 13.2 Å². The van der Waals surface area contributed by atoms with Crippen molar-refractivity contribution in [3.8, 4) is 0 Å². The first-order chi connectivity index (χ1) is 17.8. The van der Waals surface area contributed by atoms with Crippen LogP contribution in [0.15, 0.2) is 0 Å². The van der Waals surface area contributed by atoms with E-state index in [0.29, 0.717) is 6.42 Å². The second kappa shape index (κ2) is 11.2. The Hall–Kier alpha value is -1.92. The predicted molar refractivity (Wildman–Crippen MR) is 130 cm³/mol. The van der Waals surface area contributed by atoms with E-state index in [9.17, 15) is 32.7 Å². The lowest BCUT2D eigenvalue weighted by atomic mass is 9.64. The van der Waals surface area contributed by atoms with Crippen molar-refractivity contribution in [1.82, 2.24) is 0 Å². The summed E-state index contributed by atoms with van der Waals surface area (Å²) >= 11 is 0. The van der Waals surface area contributed by atoms with Crippen LogP contribution in [-0.2, 0) is 38.1 Å². The SMILES string of the molecule is CC(C)CC(C)(C(=O)OC1C(=O)OC2CC(OC3(O)CCC(C(=O)OC(C)C(F)(F)F)CC3)OC21)C(C)(C)C. The number of fused-ring (bicyclic) bond motifs is 1.